The van der Waals surface area contributed by atoms with Crippen molar-refractivity contribution in [3.63, 3.8) is 0 Å². The quantitative estimate of drug-likeness (QED) is 0.194. The molecule has 0 unspecified atom stereocenters. The fourth-order valence-corrected chi connectivity index (χ4v) is 8.30. The molecule has 1 aliphatic carbocycles. The molecule has 2 nitrogen and oxygen atoms in total. The molecule has 9 aromatic rings. The van der Waals surface area contributed by atoms with Gasteiger partial charge in [-0.2, -0.15) is 0 Å². The highest BCUT2D eigenvalue weighted by atomic mass is 15.0. The van der Waals surface area contributed by atoms with Crippen molar-refractivity contribution in [3.05, 3.63) is 157 Å². The predicted octanol–water partition coefficient (Wildman–Crippen LogP) is 11.3. The first-order valence-electron chi connectivity index (χ1n) is 15.8. The molecular formula is C43H30N2. The van der Waals surface area contributed by atoms with Crippen LogP contribution >= 0.6 is 0 Å². The van der Waals surface area contributed by atoms with E-state index >= 15 is 0 Å². The van der Waals surface area contributed by atoms with Crippen LogP contribution in [0.3, 0.4) is 0 Å². The maximum atomic E-state index is 2.50. The third-order valence-corrected chi connectivity index (χ3v) is 10.3. The summed E-state index contributed by atoms with van der Waals surface area (Å²) in [6.45, 7) is 4.70. The van der Waals surface area contributed by atoms with Crippen LogP contribution in [0, 0.1) is 0 Å². The summed E-state index contributed by atoms with van der Waals surface area (Å²) in [6, 6.07) is 53.8. The van der Waals surface area contributed by atoms with Gasteiger partial charge < -0.3 is 9.13 Å². The maximum Gasteiger partial charge on any atom is 0.0619 e. The minimum Gasteiger partial charge on any atom is -0.309 e. The number of para-hydroxylation sites is 3. The van der Waals surface area contributed by atoms with Crippen LogP contribution in [0.15, 0.2) is 146 Å². The van der Waals surface area contributed by atoms with E-state index < -0.39 is 0 Å². The van der Waals surface area contributed by atoms with E-state index in [1.54, 1.807) is 0 Å². The van der Waals surface area contributed by atoms with Gasteiger partial charge in [0.25, 0.3) is 0 Å². The van der Waals surface area contributed by atoms with Gasteiger partial charge in [-0.05, 0) is 70.1 Å². The molecule has 0 saturated carbocycles. The average molecular weight is 575 g/mol. The zero-order valence-electron chi connectivity index (χ0n) is 25.3. The normalized spacial score (nSPS) is 13.7. The first-order chi connectivity index (χ1) is 22.1. The highest BCUT2D eigenvalue weighted by Crippen LogP contribution is 2.50. The predicted molar refractivity (Wildman–Crippen MR) is 190 cm³/mol. The lowest BCUT2D eigenvalue weighted by Crippen LogP contribution is -2.14. The Labute approximate surface area is 261 Å². The van der Waals surface area contributed by atoms with Crippen molar-refractivity contribution in [3.8, 4) is 22.5 Å². The summed E-state index contributed by atoms with van der Waals surface area (Å²) in [5.74, 6) is 0. The van der Waals surface area contributed by atoms with Gasteiger partial charge in [0.05, 0.1) is 22.1 Å². The number of rotatable bonds is 2. The lowest BCUT2D eigenvalue weighted by atomic mass is 9.82. The van der Waals surface area contributed by atoms with Gasteiger partial charge in [0, 0.05) is 43.7 Å². The number of benzene rings is 7. The Morgan fingerprint density at radius 3 is 1.87 bits per heavy atom. The van der Waals surface area contributed by atoms with Crippen molar-refractivity contribution in [2.24, 2.45) is 0 Å². The van der Waals surface area contributed by atoms with Crippen LogP contribution in [0.5, 0.6) is 0 Å². The van der Waals surface area contributed by atoms with Crippen LogP contribution in [-0.2, 0) is 5.41 Å². The number of hydrogen-bond donors (Lipinski definition) is 0. The van der Waals surface area contributed by atoms with Crippen LogP contribution in [0.1, 0.15) is 25.0 Å². The third-order valence-electron chi connectivity index (χ3n) is 10.3. The van der Waals surface area contributed by atoms with E-state index in [4.69, 9.17) is 0 Å². The third kappa shape index (κ3) is 3.18. The molecular weight excluding hydrogens is 544 g/mol. The largest absolute Gasteiger partial charge is 0.309 e. The maximum absolute atomic E-state index is 2.50. The standard InChI is InChI=1S/C43H30N2/c1-43(2)36-17-9-6-14-29(36)35-26-28(20-24-37(35)43)45-38-18-10-7-15-30(38)32-22-21-31-33(42(32)45)23-25-40-41(31)34-16-8-11-19-39(34)44(40)27-12-4-3-5-13-27/h3-26H,1-2H3. The van der Waals surface area contributed by atoms with Gasteiger partial charge in [-0.3, -0.25) is 0 Å². The lowest BCUT2D eigenvalue weighted by Gasteiger charge is -2.21. The van der Waals surface area contributed by atoms with E-state index in [1.807, 2.05) is 0 Å². The molecule has 0 atom stereocenters. The first kappa shape index (κ1) is 24.8. The Bertz CT molecular complexity index is 2670. The zero-order valence-corrected chi connectivity index (χ0v) is 25.3. The van der Waals surface area contributed by atoms with E-state index in [0.29, 0.717) is 0 Å². The molecule has 0 aliphatic heterocycles. The number of nitrogens with zero attached hydrogens (tertiary/aromatic N) is 2. The Kier molecular flexibility index (Phi) is 4.82. The lowest BCUT2D eigenvalue weighted by molar-refractivity contribution is 0.660. The SMILES string of the molecule is CC1(C)c2ccccc2-c2cc(-n3c4ccccc4c4ccc5c(ccc6c5c5ccccc5n6-c5ccccc5)c43)ccc21. The molecule has 0 fully saturated rings. The highest BCUT2D eigenvalue weighted by molar-refractivity contribution is 6.28. The second kappa shape index (κ2) is 8.74. The Morgan fingerprint density at radius 1 is 0.400 bits per heavy atom. The minimum atomic E-state index is -0.0173. The van der Waals surface area contributed by atoms with Crippen molar-refractivity contribution in [1.82, 2.24) is 9.13 Å². The molecule has 0 bridgehead atoms. The van der Waals surface area contributed by atoms with Gasteiger partial charge >= 0.3 is 0 Å². The van der Waals surface area contributed by atoms with Crippen LogP contribution in [-0.4, -0.2) is 9.13 Å². The van der Waals surface area contributed by atoms with E-state index in [9.17, 15) is 0 Å². The Hall–Kier alpha value is -5.60. The summed E-state index contributed by atoms with van der Waals surface area (Å²) in [5.41, 5.74) is 12.8. The summed E-state index contributed by atoms with van der Waals surface area (Å²) in [5, 5.41) is 7.69. The Morgan fingerprint density at radius 2 is 1.02 bits per heavy atom. The second-order valence-corrected chi connectivity index (χ2v) is 13.0. The fraction of sp³-hybridized carbons (Fsp3) is 0.0698. The number of hydrogen-bond acceptors (Lipinski definition) is 0. The summed E-state index contributed by atoms with van der Waals surface area (Å²) < 4.78 is 4.91. The van der Waals surface area contributed by atoms with Crippen LogP contribution in [0.25, 0.3) is 76.9 Å². The number of aromatic nitrogens is 2. The molecule has 7 aromatic carbocycles. The van der Waals surface area contributed by atoms with Gasteiger partial charge in [0.1, 0.15) is 0 Å². The van der Waals surface area contributed by atoms with Gasteiger partial charge in [0.2, 0.25) is 0 Å². The molecule has 0 saturated heterocycles. The van der Waals surface area contributed by atoms with Crippen molar-refractivity contribution < 1.29 is 0 Å². The van der Waals surface area contributed by atoms with Crippen LogP contribution in [0.2, 0.25) is 0 Å². The number of fused-ring (bicyclic) bond motifs is 12. The van der Waals surface area contributed by atoms with Gasteiger partial charge in [-0.15, -0.1) is 0 Å². The summed E-state index contributed by atoms with van der Waals surface area (Å²) in [4.78, 5) is 0. The molecule has 0 spiro atoms. The van der Waals surface area contributed by atoms with Crippen molar-refractivity contribution in [2.45, 2.75) is 19.3 Å². The summed E-state index contributed by atoms with van der Waals surface area (Å²) >= 11 is 0. The average Bonchev–Trinajstić information content (AvgIpc) is 3.69. The van der Waals surface area contributed by atoms with Crippen LogP contribution in [0.4, 0.5) is 0 Å². The van der Waals surface area contributed by atoms with Crippen molar-refractivity contribution >= 4 is 54.4 Å². The van der Waals surface area contributed by atoms with Gasteiger partial charge in [0.15, 0.2) is 0 Å². The molecule has 0 radical (unpaired) electrons. The van der Waals surface area contributed by atoms with Crippen molar-refractivity contribution in [1.29, 1.82) is 0 Å². The smallest absolute Gasteiger partial charge is 0.0619 e. The molecule has 2 heteroatoms. The monoisotopic (exact) mass is 574 g/mol. The van der Waals surface area contributed by atoms with E-state index in [0.717, 1.165) is 0 Å². The van der Waals surface area contributed by atoms with E-state index in [-0.39, 0.29) is 5.41 Å². The van der Waals surface area contributed by atoms with Gasteiger partial charge in [-0.1, -0.05) is 117 Å². The molecule has 2 heterocycles. The molecule has 45 heavy (non-hydrogen) atoms. The zero-order chi connectivity index (χ0) is 29.9. The molecule has 0 amide bonds. The molecule has 0 N–H and O–H groups in total. The van der Waals surface area contributed by atoms with Gasteiger partial charge in [-0.25, -0.2) is 0 Å². The van der Waals surface area contributed by atoms with E-state index in [1.165, 1.54) is 88.0 Å². The topological polar surface area (TPSA) is 9.86 Å². The van der Waals surface area contributed by atoms with E-state index in [2.05, 4.69) is 169 Å². The molecule has 10 rings (SSSR count). The molecule has 1 aliphatic rings. The van der Waals surface area contributed by atoms with Crippen molar-refractivity contribution in [2.75, 3.05) is 0 Å². The highest BCUT2D eigenvalue weighted by Gasteiger charge is 2.35. The summed E-state index contributed by atoms with van der Waals surface area (Å²) in [7, 11) is 0. The first-order valence-corrected chi connectivity index (χ1v) is 15.8. The fourth-order valence-electron chi connectivity index (χ4n) is 8.30. The summed E-state index contributed by atoms with van der Waals surface area (Å²) in [6.07, 6.45) is 0. The second-order valence-electron chi connectivity index (χ2n) is 13.0. The van der Waals surface area contributed by atoms with Crippen LogP contribution < -0.4 is 0 Å². The molecule has 212 valence electrons. The minimum absolute atomic E-state index is 0.0173. The molecule has 2 aromatic heterocycles. The Balaban J connectivity index is 1.34.